The molecule has 2 nitrogen and oxygen atoms in total. The van der Waals surface area contributed by atoms with Crippen molar-refractivity contribution in [2.45, 2.75) is 6.92 Å². The molecule has 0 heterocycles. The summed E-state index contributed by atoms with van der Waals surface area (Å²) in [6, 6.07) is 1.56. The summed E-state index contributed by atoms with van der Waals surface area (Å²) in [4.78, 5) is 0. The lowest BCUT2D eigenvalue weighted by Crippen LogP contribution is -1.71. The van der Waals surface area contributed by atoms with E-state index in [1.165, 1.54) is 6.92 Å². The Morgan fingerprint density at radius 3 is 2.29 bits per heavy atom. The zero-order valence-corrected chi connectivity index (χ0v) is 4.53. The highest BCUT2D eigenvalue weighted by Crippen LogP contribution is 2.02. The van der Waals surface area contributed by atoms with Gasteiger partial charge in [0.2, 0.25) is 0 Å². The summed E-state index contributed by atoms with van der Waals surface area (Å²) in [5.74, 6) is -0.135. The monoisotopic (exact) mass is 117 g/mol. The quantitative estimate of drug-likeness (QED) is 0.386. The van der Waals surface area contributed by atoms with Gasteiger partial charge in [0, 0.05) is 0 Å². The Labute approximate surface area is 46.6 Å². The summed E-state index contributed by atoms with van der Waals surface area (Å²) >= 11 is 5.07. The van der Waals surface area contributed by atoms with Gasteiger partial charge in [0.05, 0.1) is 0 Å². The largest absolute Gasteiger partial charge is 0.510 e. The maximum atomic E-state index is 8.35. The smallest absolute Gasteiger partial charge is 0.155 e. The van der Waals surface area contributed by atoms with Crippen LogP contribution in [0.3, 0.4) is 0 Å². The molecule has 7 heavy (non-hydrogen) atoms. The molecule has 38 valence electrons. The van der Waals surface area contributed by atoms with E-state index in [1.807, 2.05) is 0 Å². The van der Waals surface area contributed by atoms with Gasteiger partial charge in [-0.1, -0.05) is 11.6 Å². The number of aliphatic hydroxyl groups excluding tert-OH is 1. The maximum Gasteiger partial charge on any atom is 0.155 e. The van der Waals surface area contributed by atoms with Crippen molar-refractivity contribution in [3.8, 4) is 6.07 Å². The third kappa shape index (κ3) is 2.07. The minimum Gasteiger partial charge on any atom is -0.510 e. The molecule has 0 aliphatic heterocycles. The highest BCUT2D eigenvalue weighted by molar-refractivity contribution is 6.32. The number of nitrogens with zero attached hydrogens (tertiary/aromatic N) is 1. The van der Waals surface area contributed by atoms with Gasteiger partial charge in [0.15, 0.2) is 5.03 Å². The van der Waals surface area contributed by atoms with Crippen LogP contribution < -0.4 is 0 Å². The molecule has 3 heteroatoms. The summed E-state index contributed by atoms with van der Waals surface area (Å²) in [7, 11) is 0. The Morgan fingerprint density at radius 2 is 2.29 bits per heavy atom. The highest BCUT2D eigenvalue weighted by Gasteiger charge is 1.89. The van der Waals surface area contributed by atoms with Crippen LogP contribution in [-0.2, 0) is 0 Å². The predicted octanol–water partition coefficient (Wildman–Crippen LogP) is 1.54. The van der Waals surface area contributed by atoms with Crippen LogP contribution in [0.4, 0.5) is 0 Å². The van der Waals surface area contributed by atoms with E-state index in [4.69, 9.17) is 22.0 Å². The van der Waals surface area contributed by atoms with Crippen molar-refractivity contribution in [1.82, 2.24) is 0 Å². The van der Waals surface area contributed by atoms with E-state index in [1.54, 1.807) is 6.07 Å². The van der Waals surface area contributed by atoms with Gasteiger partial charge in [-0.05, 0) is 6.92 Å². The number of hydrogen-bond donors (Lipinski definition) is 1. The van der Waals surface area contributed by atoms with Gasteiger partial charge in [-0.15, -0.1) is 0 Å². The van der Waals surface area contributed by atoms with Crippen LogP contribution in [0, 0.1) is 11.3 Å². The van der Waals surface area contributed by atoms with E-state index in [-0.39, 0.29) is 10.8 Å². The average molecular weight is 118 g/mol. The van der Waals surface area contributed by atoms with E-state index in [0.717, 1.165) is 0 Å². The fraction of sp³-hybridized carbons (Fsp3) is 0.250. The van der Waals surface area contributed by atoms with Gasteiger partial charge in [0.25, 0.3) is 0 Å². The fourth-order valence-corrected chi connectivity index (χ4v) is 0.0809. The number of allylic oxidation sites excluding steroid dienone is 2. The molecule has 0 aliphatic carbocycles. The molecule has 0 amide bonds. The first-order chi connectivity index (χ1) is 3.18. The molecule has 0 fully saturated rings. The minimum atomic E-state index is -0.153. The molecule has 0 aliphatic rings. The maximum absolute atomic E-state index is 8.35. The molecular formula is C4H4ClNO. The molecule has 0 bridgehead atoms. The summed E-state index contributed by atoms with van der Waals surface area (Å²) in [6.45, 7) is 1.35. The van der Waals surface area contributed by atoms with Crippen molar-refractivity contribution in [2.75, 3.05) is 0 Å². The van der Waals surface area contributed by atoms with Crippen LogP contribution in [0.2, 0.25) is 0 Å². The molecule has 0 unspecified atom stereocenters. The summed E-state index contributed by atoms with van der Waals surface area (Å²) in [5, 5.41) is 16.1. The van der Waals surface area contributed by atoms with Crippen LogP contribution in [0.1, 0.15) is 6.92 Å². The third-order valence-corrected chi connectivity index (χ3v) is 0.774. The lowest BCUT2D eigenvalue weighted by molar-refractivity contribution is 0.413. The second-order valence-corrected chi connectivity index (χ2v) is 1.39. The molecule has 0 saturated heterocycles. The van der Waals surface area contributed by atoms with Crippen LogP contribution in [0.25, 0.3) is 0 Å². The predicted molar refractivity (Wildman–Crippen MR) is 26.8 cm³/mol. The molecule has 0 saturated carbocycles. The van der Waals surface area contributed by atoms with Crippen molar-refractivity contribution in [3.05, 3.63) is 10.8 Å². The van der Waals surface area contributed by atoms with Gasteiger partial charge in [0.1, 0.15) is 11.8 Å². The SMILES string of the molecule is C/C(O)=C(/Cl)C#N. The van der Waals surface area contributed by atoms with Gasteiger partial charge in [-0.3, -0.25) is 0 Å². The normalized spacial score (nSPS) is 12.1. The first kappa shape index (κ1) is 6.32. The Balaban J connectivity index is 4.07. The second-order valence-electron chi connectivity index (χ2n) is 1.01. The van der Waals surface area contributed by atoms with Crippen LogP contribution in [0.15, 0.2) is 10.8 Å². The second kappa shape index (κ2) is 2.49. The minimum absolute atomic E-state index is 0.135. The van der Waals surface area contributed by atoms with Crippen molar-refractivity contribution >= 4 is 11.6 Å². The topological polar surface area (TPSA) is 44.0 Å². The molecule has 0 atom stereocenters. The van der Waals surface area contributed by atoms with E-state index in [0.29, 0.717) is 0 Å². The van der Waals surface area contributed by atoms with Crippen molar-refractivity contribution < 1.29 is 5.11 Å². The zero-order valence-electron chi connectivity index (χ0n) is 3.77. The zero-order chi connectivity index (χ0) is 5.86. The lowest BCUT2D eigenvalue weighted by Gasteiger charge is -1.81. The molecule has 0 radical (unpaired) electrons. The van der Waals surface area contributed by atoms with Gasteiger partial charge >= 0.3 is 0 Å². The van der Waals surface area contributed by atoms with E-state index >= 15 is 0 Å². The number of aliphatic hydroxyl groups is 1. The standard InChI is InChI=1S/C4H4ClNO/c1-3(7)4(5)2-6/h7H,1H3/b4-3-. The molecular weight excluding hydrogens is 114 g/mol. The van der Waals surface area contributed by atoms with Crippen molar-refractivity contribution in [2.24, 2.45) is 0 Å². The molecule has 1 N–H and O–H groups in total. The first-order valence-corrected chi connectivity index (χ1v) is 2.01. The van der Waals surface area contributed by atoms with E-state index in [2.05, 4.69) is 0 Å². The van der Waals surface area contributed by atoms with E-state index in [9.17, 15) is 0 Å². The van der Waals surface area contributed by atoms with Gasteiger partial charge in [-0.25, -0.2) is 0 Å². The Kier molecular flexibility index (Phi) is 2.24. The van der Waals surface area contributed by atoms with Crippen molar-refractivity contribution in [3.63, 3.8) is 0 Å². The van der Waals surface area contributed by atoms with Crippen LogP contribution in [0.5, 0.6) is 0 Å². The summed E-state index contributed by atoms with van der Waals surface area (Å²) < 4.78 is 0. The number of halogens is 1. The molecule has 0 aromatic carbocycles. The molecule has 0 spiro atoms. The Bertz CT molecular complexity index is 129. The highest BCUT2D eigenvalue weighted by atomic mass is 35.5. The molecule has 0 rings (SSSR count). The molecule has 0 aromatic heterocycles. The first-order valence-electron chi connectivity index (χ1n) is 1.64. The third-order valence-electron chi connectivity index (χ3n) is 0.416. The van der Waals surface area contributed by atoms with Gasteiger partial charge < -0.3 is 5.11 Å². The average Bonchev–Trinajstić information content (AvgIpc) is 1.65. The fourth-order valence-electron chi connectivity index (χ4n) is 0.0809. The lowest BCUT2D eigenvalue weighted by atomic mass is 10.5. The number of nitriles is 1. The Morgan fingerprint density at radius 1 is 1.86 bits per heavy atom. The summed E-state index contributed by atoms with van der Waals surface area (Å²) in [5.41, 5.74) is 0. The molecule has 0 aromatic rings. The number of hydrogen-bond acceptors (Lipinski definition) is 2. The number of rotatable bonds is 0. The Hall–Kier alpha value is -0.680. The summed E-state index contributed by atoms with van der Waals surface area (Å²) in [6.07, 6.45) is 0. The van der Waals surface area contributed by atoms with Crippen LogP contribution >= 0.6 is 11.6 Å². The van der Waals surface area contributed by atoms with Crippen LogP contribution in [-0.4, -0.2) is 5.11 Å². The van der Waals surface area contributed by atoms with Gasteiger partial charge in [-0.2, -0.15) is 5.26 Å². The van der Waals surface area contributed by atoms with Crippen molar-refractivity contribution in [1.29, 1.82) is 5.26 Å². The van der Waals surface area contributed by atoms with E-state index < -0.39 is 0 Å².